The molecular weight excluding hydrogens is 544 g/mol. The third-order valence-corrected chi connectivity index (χ3v) is 8.75. The number of ether oxygens (including phenoxy) is 1. The number of halogens is 1. The molecule has 4 aromatic rings. The monoisotopic (exact) mass is 574 g/mol. The van der Waals surface area contributed by atoms with Crippen LogP contribution in [0.4, 0.5) is 11.5 Å². The van der Waals surface area contributed by atoms with E-state index in [1.165, 1.54) is 29.7 Å². The van der Waals surface area contributed by atoms with Crippen LogP contribution in [0.15, 0.2) is 61.2 Å². The van der Waals surface area contributed by atoms with Crippen LogP contribution in [0.5, 0.6) is 5.75 Å². The van der Waals surface area contributed by atoms with Crippen molar-refractivity contribution in [1.82, 2.24) is 24.8 Å². The van der Waals surface area contributed by atoms with E-state index in [0.717, 1.165) is 53.3 Å². The van der Waals surface area contributed by atoms with Gasteiger partial charge in [-0.05, 0) is 62.2 Å². The van der Waals surface area contributed by atoms with E-state index in [9.17, 15) is 4.79 Å². The Morgan fingerprint density at radius 3 is 2.88 bits per heavy atom. The summed E-state index contributed by atoms with van der Waals surface area (Å²) in [6.07, 6.45) is 13.4. The molecule has 1 saturated heterocycles. The number of fused-ring (bicyclic) bond motifs is 3. The van der Waals surface area contributed by atoms with Crippen LogP contribution in [-0.4, -0.2) is 56.8 Å². The van der Waals surface area contributed by atoms with Crippen molar-refractivity contribution in [3.63, 3.8) is 0 Å². The SMILES string of the molecule is O=C(/C=C/CN1CCCCC1)N1CCc2c(sc3ncnc(Nc4ccc(OCc5cccnc5)c(Cl)c4)c23)C1. The summed E-state index contributed by atoms with van der Waals surface area (Å²) in [5.41, 5.74) is 3.00. The van der Waals surface area contributed by atoms with Gasteiger partial charge in [-0.25, -0.2) is 9.97 Å². The van der Waals surface area contributed by atoms with Crippen LogP contribution in [0.25, 0.3) is 10.2 Å². The first-order valence-electron chi connectivity index (χ1n) is 13.7. The van der Waals surface area contributed by atoms with Crippen molar-refractivity contribution in [1.29, 1.82) is 0 Å². The molecule has 2 aliphatic heterocycles. The summed E-state index contributed by atoms with van der Waals surface area (Å²) in [7, 11) is 0. The molecule has 0 unspecified atom stereocenters. The average Bonchev–Trinajstić information content (AvgIpc) is 3.37. The van der Waals surface area contributed by atoms with Crippen LogP contribution < -0.4 is 10.1 Å². The zero-order valence-corrected chi connectivity index (χ0v) is 23.8. The Balaban J connectivity index is 1.13. The van der Waals surface area contributed by atoms with Crippen molar-refractivity contribution in [2.75, 3.05) is 31.5 Å². The van der Waals surface area contributed by atoms with Gasteiger partial charge in [-0.2, -0.15) is 0 Å². The highest BCUT2D eigenvalue weighted by molar-refractivity contribution is 7.19. The maximum atomic E-state index is 12.9. The summed E-state index contributed by atoms with van der Waals surface area (Å²) in [4.78, 5) is 32.5. The van der Waals surface area contributed by atoms with Gasteiger partial charge in [0.15, 0.2) is 0 Å². The van der Waals surface area contributed by atoms with Crippen molar-refractivity contribution in [2.45, 2.75) is 38.8 Å². The highest BCUT2D eigenvalue weighted by Gasteiger charge is 2.25. The zero-order valence-electron chi connectivity index (χ0n) is 22.2. The standard InChI is InChI=1S/C30H31ClN6O2S/c31-24-16-22(8-9-25(24)39-19-21-6-4-11-32-17-21)35-29-28-23-10-15-37(18-26(23)40-30(28)34-20-33-29)27(38)7-5-14-36-12-2-1-3-13-36/h4-9,11,16-17,20H,1-3,10,12-15,18-19H2,(H,33,34,35)/b7-5+. The molecule has 40 heavy (non-hydrogen) atoms. The summed E-state index contributed by atoms with van der Waals surface area (Å²) in [5.74, 6) is 1.42. The number of hydrogen-bond donors (Lipinski definition) is 1. The number of likely N-dealkylation sites (tertiary alicyclic amines) is 1. The minimum absolute atomic E-state index is 0.0741. The van der Waals surface area contributed by atoms with Gasteiger partial charge in [-0.1, -0.05) is 30.2 Å². The van der Waals surface area contributed by atoms with E-state index in [1.807, 2.05) is 41.3 Å². The van der Waals surface area contributed by atoms with E-state index in [0.29, 0.717) is 30.5 Å². The minimum atomic E-state index is 0.0741. The number of amides is 1. The highest BCUT2D eigenvalue weighted by Crippen LogP contribution is 2.39. The molecule has 206 valence electrons. The molecule has 1 fully saturated rings. The second-order valence-corrected chi connectivity index (χ2v) is 11.6. The topological polar surface area (TPSA) is 83.5 Å². The number of carbonyl (C=O) groups excluding carboxylic acids is 1. The van der Waals surface area contributed by atoms with Crippen molar-refractivity contribution in [3.05, 3.63) is 82.2 Å². The Morgan fingerprint density at radius 1 is 1.15 bits per heavy atom. The van der Waals surface area contributed by atoms with E-state index in [2.05, 4.69) is 25.2 Å². The van der Waals surface area contributed by atoms with Crippen LogP contribution in [0.2, 0.25) is 5.02 Å². The third-order valence-electron chi connectivity index (χ3n) is 7.33. The summed E-state index contributed by atoms with van der Waals surface area (Å²) in [6, 6.07) is 9.45. The van der Waals surface area contributed by atoms with Crippen LogP contribution in [0, 0.1) is 0 Å². The summed E-state index contributed by atoms with van der Waals surface area (Å²) in [6.45, 7) is 4.76. The Labute approximate surface area is 242 Å². The molecule has 0 saturated carbocycles. The van der Waals surface area contributed by atoms with Gasteiger partial charge in [0.25, 0.3) is 0 Å². The van der Waals surface area contributed by atoms with Crippen molar-refractivity contribution in [2.24, 2.45) is 0 Å². The molecule has 0 spiro atoms. The molecule has 1 amide bonds. The first kappa shape index (κ1) is 26.7. The summed E-state index contributed by atoms with van der Waals surface area (Å²) >= 11 is 8.18. The van der Waals surface area contributed by atoms with E-state index in [1.54, 1.807) is 36.1 Å². The lowest BCUT2D eigenvalue weighted by molar-refractivity contribution is -0.126. The normalized spacial score (nSPS) is 15.9. The Hall–Kier alpha value is -3.53. The predicted molar refractivity (Wildman–Crippen MR) is 159 cm³/mol. The van der Waals surface area contributed by atoms with E-state index in [-0.39, 0.29) is 5.91 Å². The number of hydrogen-bond acceptors (Lipinski definition) is 8. The van der Waals surface area contributed by atoms with Gasteiger partial charge in [0.1, 0.15) is 29.3 Å². The van der Waals surface area contributed by atoms with Crippen molar-refractivity contribution in [3.8, 4) is 5.75 Å². The number of nitrogens with zero attached hydrogens (tertiary/aromatic N) is 5. The molecule has 10 heteroatoms. The number of piperidine rings is 1. The molecule has 6 rings (SSSR count). The Kier molecular flexibility index (Phi) is 8.22. The summed E-state index contributed by atoms with van der Waals surface area (Å²) < 4.78 is 5.88. The van der Waals surface area contributed by atoms with Crippen LogP contribution in [0.3, 0.4) is 0 Å². The third kappa shape index (κ3) is 6.11. The zero-order chi connectivity index (χ0) is 27.3. The molecular formula is C30H31ClN6O2S. The predicted octanol–water partition coefficient (Wildman–Crippen LogP) is 5.99. The number of benzene rings is 1. The van der Waals surface area contributed by atoms with Crippen molar-refractivity contribution >= 4 is 50.6 Å². The molecule has 8 nitrogen and oxygen atoms in total. The number of rotatable bonds is 8. The lowest BCUT2D eigenvalue weighted by atomic mass is 10.0. The molecule has 5 heterocycles. The maximum Gasteiger partial charge on any atom is 0.246 e. The molecule has 0 bridgehead atoms. The maximum absolute atomic E-state index is 12.9. The van der Waals surface area contributed by atoms with E-state index < -0.39 is 0 Å². The van der Waals surface area contributed by atoms with Gasteiger partial charge in [0, 0.05) is 47.7 Å². The van der Waals surface area contributed by atoms with Gasteiger partial charge < -0.3 is 15.0 Å². The van der Waals surface area contributed by atoms with Crippen LogP contribution in [0.1, 0.15) is 35.3 Å². The quantitative estimate of drug-likeness (QED) is 0.259. The van der Waals surface area contributed by atoms with Gasteiger partial charge in [-0.15, -0.1) is 11.3 Å². The molecule has 0 atom stereocenters. The molecule has 0 radical (unpaired) electrons. The summed E-state index contributed by atoms with van der Waals surface area (Å²) in [5, 5.41) is 4.95. The van der Waals surface area contributed by atoms with Gasteiger partial charge in [-0.3, -0.25) is 14.7 Å². The molecule has 1 N–H and O–H groups in total. The number of thiophene rings is 1. The molecule has 1 aromatic carbocycles. The van der Waals surface area contributed by atoms with E-state index in [4.69, 9.17) is 16.3 Å². The number of carbonyl (C=O) groups is 1. The van der Waals surface area contributed by atoms with Crippen LogP contribution >= 0.6 is 22.9 Å². The van der Waals surface area contributed by atoms with Crippen molar-refractivity contribution < 1.29 is 9.53 Å². The Bertz CT molecular complexity index is 1520. The Morgan fingerprint density at radius 2 is 2.05 bits per heavy atom. The molecule has 0 aliphatic carbocycles. The minimum Gasteiger partial charge on any atom is -0.487 e. The van der Waals surface area contributed by atoms with Crippen LogP contribution in [-0.2, 0) is 24.4 Å². The number of pyridine rings is 1. The molecule has 2 aliphatic rings. The molecule has 3 aromatic heterocycles. The lowest BCUT2D eigenvalue weighted by Crippen LogP contribution is -2.34. The number of anilines is 2. The first-order valence-corrected chi connectivity index (χ1v) is 14.8. The number of aromatic nitrogens is 3. The first-order chi connectivity index (χ1) is 19.6. The second kappa shape index (κ2) is 12.3. The van der Waals surface area contributed by atoms with Gasteiger partial charge in [0.2, 0.25) is 5.91 Å². The average molecular weight is 575 g/mol. The fourth-order valence-electron chi connectivity index (χ4n) is 5.24. The largest absolute Gasteiger partial charge is 0.487 e. The highest BCUT2D eigenvalue weighted by atomic mass is 35.5. The number of nitrogens with one attached hydrogen (secondary N) is 1. The fraction of sp³-hybridized carbons (Fsp3) is 0.333. The van der Waals surface area contributed by atoms with Gasteiger partial charge in [0.05, 0.1) is 17.0 Å². The fourth-order valence-corrected chi connectivity index (χ4v) is 6.68. The smallest absolute Gasteiger partial charge is 0.246 e. The lowest BCUT2D eigenvalue weighted by Gasteiger charge is -2.27. The van der Waals surface area contributed by atoms with Gasteiger partial charge >= 0.3 is 0 Å². The second-order valence-electron chi connectivity index (χ2n) is 10.1. The van der Waals surface area contributed by atoms with E-state index >= 15 is 0 Å².